The van der Waals surface area contributed by atoms with E-state index < -0.39 is 0 Å². The molecule has 2 rings (SSSR count). The highest BCUT2D eigenvalue weighted by molar-refractivity contribution is 9.10. The van der Waals surface area contributed by atoms with Crippen LogP contribution in [0.3, 0.4) is 0 Å². The minimum Gasteiger partial charge on any atom is -0.310 e. The van der Waals surface area contributed by atoms with Crippen LogP contribution < -0.4 is 5.32 Å². The summed E-state index contributed by atoms with van der Waals surface area (Å²) in [4.78, 5) is 4.25. The first kappa shape index (κ1) is 14.7. The minimum atomic E-state index is 0.377. The third-order valence-corrected chi connectivity index (χ3v) is 4.43. The number of hydrogen-bond acceptors (Lipinski definition) is 3. The Balaban J connectivity index is 2.16. The lowest BCUT2D eigenvalue weighted by Gasteiger charge is -2.19. The van der Waals surface area contributed by atoms with Gasteiger partial charge in [0.05, 0.1) is 0 Å². The molecule has 0 saturated heterocycles. The van der Waals surface area contributed by atoms with Crippen LogP contribution >= 0.6 is 27.3 Å². The first-order chi connectivity index (χ1) is 9.20. The summed E-state index contributed by atoms with van der Waals surface area (Å²) in [5, 5.41) is 8.12. The molecule has 1 unspecified atom stereocenters. The summed E-state index contributed by atoms with van der Waals surface area (Å²) >= 11 is 5.26. The van der Waals surface area contributed by atoms with Gasteiger partial charge >= 0.3 is 0 Å². The van der Waals surface area contributed by atoms with Crippen molar-refractivity contribution in [2.75, 3.05) is 6.54 Å². The monoisotopic (exact) mass is 338 g/mol. The molecule has 1 N–H and O–H groups in total. The number of rotatable bonds is 6. The van der Waals surface area contributed by atoms with E-state index in [0.717, 1.165) is 23.9 Å². The molecule has 0 spiro atoms. The summed E-state index contributed by atoms with van der Waals surface area (Å²) < 4.78 is 1.04. The van der Waals surface area contributed by atoms with Crippen molar-refractivity contribution in [2.24, 2.45) is 0 Å². The summed E-state index contributed by atoms with van der Waals surface area (Å²) in [6, 6.07) is 2.53. The number of nitrogens with zero attached hydrogens (tertiary/aromatic N) is 1. The van der Waals surface area contributed by atoms with Gasteiger partial charge in [0.15, 0.2) is 0 Å². The number of pyridine rings is 1. The molecule has 0 radical (unpaired) electrons. The van der Waals surface area contributed by atoms with Crippen molar-refractivity contribution in [3.63, 3.8) is 0 Å². The van der Waals surface area contributed by atoms with Crippen molar-refractivity contribution < 1.29 is 0 Å². The van der Waals surface area contributed by atoms with Crippen LogP contribution in [0.4, 0.5) is 0 Å². The Labute approximate surface area is 127 Å². The van der Waals surface area contributed by atoms with Gasteiger partial charge in [0.25, 0.3) is 0 Å². The van der Waals surface area contributed by atoms with Gasteiger partial charge in [-0.1, -0.05) is 6.92 Å². The maximum Gasteiger partial charge on any atom is 0.0410 e. The average molecular weight is 339 g/mol. The van der Waals surface area contributed by atoms with E-state index in [2.05, 4.69) is 56.9 Å². The second-order valence-corrected chi connectivity index (χ2v) is 6.39. The molecule has 2 aromatic heterocycles. The van der Waals surface area contributed by atoms with Gasteiger partial charge in [0, 0.05) is 22.9 Å². The largest absolute Gasteiger partial charge is 0.310 e. The SMILES string of the molecule is CCCNC(Cc1cncc(Br)c1)c1cscc1C. The van der Waals surface area contributed by atoms with Gasteiger partial charge in [-0.3, -0.25) is 4.98 Å². The molecule has 2 heterocycles. The van der Waals surface area contributed by atoms with Crippen LogP contribution in [0.1, 0.15) is 36.1 Å². The van der Waals surface area contributed by atoms with Crippen LogP contribution in [0.5, 0.6) is 0 Å². The molecule has 0 aliphatic heterocycles. The Morgan fingerprint density at radius 1 is 1.37 bits per heavy atom. The van der Waals surface area contributed by atoms with Crippen LogP contribution in [0.25, 0.3) is 0 Å². The lowest BCUT2D eigenvalue weighted by Crippen LogP contribution is -2.24. The highest BCUT2D eigenvalue weighted by Crippen LogP contribution is 2.25. The molecule has 0 amide bonds. The number of aromatic nitrogens is 1. The molecular formula is C15H19BrN2S. The van der Waals surface area contributed by atoms with E-state index in [9.17, 15) is 0 Å². The first-order valence-corrected chi connectivity index (χ1v) is 8.29. The molecule has 0 aliphatic rings. The van der Waals surface area contributed by atoms with E-state index in [-0.39, 0.29) is 0 Å². The molecule has 102 valence electrons. The van der Waals surface area contributed by atoms with Gasteiger partial charge in [-0.05, 0) is 75.8 Å². The molecule has 2 aromatic rings. The predicted octanol–water partition coefficient (Wildman–Crippen LogP) is 4.50. The number of halogens is 1. The standard InChI is InChI=1S/C15H19BrN2S/c1-3-4-18-15(14-10-19-9-11(14)2)6-12-5-13(16)8-17-7-12/h5,7-10,15,18H,3-4,6H2,1-2H3. The molecule has 0 bridgehead atoms. The van der Waals surface area contributed by atoms with E-state index in [1.807, 2.05) is 12.4 Å². The van der Waals surface area contributed by atoms with Crippen LogP contribution in [0.15, 0.2) is 33.7 Å². The maximum absolute atomic E-state index is 4.25. The van der Waals surface area contributed by atoms with Crippen LogP contribution in [-0.4, -0.2) is 11.5 Å². The summed E-state index contributed by atoms with van der Waals surface area (Å²) in [5.41, 5.74) is 4.05. The van der Waals surface area contributed by atoms with E-state index in [1.54, 1.807) is 11.3 Å². The molecular weight excluding hydrogens is 320 g/mol. The second-order valence-electron chi connectivity index (χ2n) is 4.73. The Morgan fingerprint density at radius 2 is 2.21 bits per heavy atom. The third-order valence-electron chi connectivity index (χ3n) is 3.11. The molecule has 0 saturated carbocycles. The highest BCUT2D eigenvalue weighted by atomic mass is 79.9. The summed E-state index contributed by atoms with van der Waals surface area (Å²) in [6.07, 6.45) is 5.90. The Kier molecular flexibility index (Phi) is 5.55. The van der Waals surface area contributed by atoms with Crippen LogP contribution in [0.2, 0.25) is 0 Å². The van der Waals surface area contributed by atoms with E-state index in [0.29, 0.717) is 6.04 Å². The molecule has 0 aliphatic carbocycles. The fourth-order valence-electron chi connectivity index (χ4n) is 2.14. The van der Waals surface area contributed by atoms with Crippen molar-refractivity contribution in [2.45, 2.75) is 32.7 Å². The van der Waals surface area contributed by atoms with Gasteiger partial charge < -0.3 is 5.32 Å². The number of aryl methyl sites for hydroxylation is 1. The van der Waals surface area contributed by atoms with Gasteiger partial charge in [-0.25, -0.2) is 0 Å². The van der Waals surface area contributed by atoms with Crippen molar-refractivity contribution in [3.05, 3.63) is 50.4 Å². The number of nitrogens with one attached hydrogen (secondary N) is 1. The Hall–Kier alpha value is -0.710. The molecule has 19 heavy (non-hydrogen) atoms. The Morgan fingerprint density at radius 3 is 2.84 bits per heavy atom. The van der Waals surface area contributed by atoms with Crippen molar-refractivity contribution in [1.29, 1.82) is 0 Å². The van der Waals surface area contributed by atoms with Crippen molar-refractivity contribution in [3.8, 4) is 0 Å². The predicted molar refractivity (Wildman–Crippen MR) is 85.7 cm³/mol. The van der Waals surface area contributed by atoms with Gasteiger partial charge in [-0.2, -0.15) is 11.3 Å². The highest BCUT2D eigenvalue weighted by Gasteiger charge is 2.14. The Bertz CT molecular complexity index is 524. The second kappa shape index (κ2) is 7.17. The average Bonchev–Trinajstić information content (AvgIpc) is 2.81. The van der Waals surface area contributed by atoms with Gasteiger partial charge in [0.1, 0.15) is 0 Å². The fraction of sp³-hybridized carbons (Fsp3) is 0.400. The molecule has 1 atom stereocenters. The normalized spacial score (nSPS) is 12.6. The molecule has 2 nitrogen and oxygen atoms in total. The van der Waals surface area contributed by atoms with Crippen molar-refractivity contribution >= 4 is 27.3 Å². The minimum absolute atomic E-state index is 0.377. The summed E-state index contributed by atoms with van der Waals surface area (Å²) in [7, 11) is 0. The van der Waals surface area contributed by atoms with Crippen molar-refractivity contribution in [1.82, 2.24) is 10.3 Å². The molecule has 4 heteroatoms. The lowest BCUT2D eigenvalue weighted by atomic mass is 9.99. The smallest absolute Gasteiger partial charge is 0.0410 e. The van der Waals surface area contributed by atoms with E-state index in [1.165, 1.54) is 16.7 Å². The van der Waals surface area contributed by atoms with Gasteiger partial charge in [-0.15, -0.1) is 0 Å². The summed E-state index contributed by atoms with van der Waals surface area (Å²) in [5.74, 6) is 0. The quantitative estimate of drug-likeness (QED) is 0.838. The zero-order valence-electron chi connectivity index (χ0n) is 11.3. The van der Waals surface area contributed by atoms with Crippen LogP contribution in [0, 0.1) is 6.92 Å². The summed E-state index contributed by atoms with van der Waals surface area (Å²) in [6.45, 7) is 5.43. The number of hydrogen-bond donors (Lipinski definition) is 1. The molecule has 0 fully saturated rings. The van der Waals surface area contributed by atoms with Crippen LogP contribution in [-0.2, 0) is 6.42 Å². The maximum atomic E-state index is 4.25. The first-order valence-electron chi connectivity index (χ1n) is 6.56. The lowest BCUT2D eigenvalue weighted by molar-refractivity contribution is 0.528. The zero-order chi connectivity index (χ0) is 13.7. The van der Waals surface area contributed by atoms with E-state index in [4.69, 9.17) is 0 Å². The van der Waals surface area contributed by atoms with Gasteiger partial charge in [0.2, 0.25) is 0 Å². The fourth-order valence-corrected chi connectivity index (χ4v) is 3.46. The topological polar surface area (TPSA) is 24.9 Å². The number of thiophene rings is 1. The third kappa shape index (κ3) is 4.13. The molecule has 0 aromatic carbocycles. The zero-order valence-corrected chi connectivity index (χ0v) is 13.7. The van der Waals surface area contributed by atoms with E-state index >= 15 is 0 Å².